The predicted molar refractivity (Wildman–Crippen MR) is 128 cm³/mol. The fourth-order valence-electron chi connectivity index (χ4n) is 4.96. The Morgan fingerprint density at radius 3 is 2.18 bits per heavy atom. The quantitative estimate of drug-likeness (QED) is 0.680. The molecule has 3 N–H and O–H groups in total. The van der Waals surface area contributed by atoms with E-state index in [9.17, 15) is 9.59 Å². The molecule has 0 heterocycles. The molecule has 2 amide bonds. The van der Waals surface area contributed by atoms with E-state index in [1.165, 1.54) is 0 Å². The zero-order valence-electron chi connectivity index (χ0n) is 19.0. The lowest BCUT2D eigenvalue weighted by Crippen LogP contribution is -2.43. The summed E-state index contributed by atoms with van der Waals surface area (Å²) >= 11 is 0. The van der Waals surface area contributed by atoms with Crippen LogP contribution >= 0.6 is 0 Å². The first-order valence-electron chi connectivity index (χ1n) is 12.0. The number of benzene rings is 2. The van der Waals surface area contributed by atoms with E-state index in [2.05, 4.69) is 11.4 Å². The third kappa shape index (κ3) is 5.80. The molecule has 0 spiro atoms. The molecule has 2 fully saturated rings. The molecule has 172 valence electrons. The lowest BCUT2D eigenvalue weighted by Gasteiger charge is -2.36. The number of nitriles is 1. The number of nitrogens with one attached hydrogen (secondary N) is 1. The zero-order chi connectivity index (χ0) is 23.2. The third-order valence-corrected chi connectivity index (χ3v) is 7.00. The van der Waals surface area contributed by atoms with E-state index < -0.39 is 0 Å². The van der Waals surface area contributed by atoms with Gasteiger partial charge >= 0.3 is 0 Å². The van der Waals surface area contributed by atoms with E-state index in [1.807, 2.05) is 29.2 Å². The Hall–Kier alpha value is -3.17. The number of anilines is 1. The second-order valence-electron chi connectivity index (χ2n) is 9.36. The highest BCUT2D eigenvalue weighted by Crippen LogP contribution is 2.27. The summed E-state index contributed by atoms with van der Waals surface area (Å²) in [4.78, 5) is 27.8. The first kappa shape index (κ1) is 23.0. The molecule has 0 saturated heterocycles. The summed E-state index contributed by atoms with van der Waals surface area (Å²) in [6.07, 6.45) is 7.81. The van der Waals surface area contributed by atoms with Crippen molar-refractivity contribution in [2.24, 2.45) is 11.7 Å². The molecule has 2 aliphatic carbocycles. The minimum absolute atomic E-state index is 0.0291. The smallest absolute Gasteiger partial charge is 0.254 e. The number of hydrogen-bond donors (Lipinski definition) is 2. The maximum atomic E-state index is 13.4. The molecule has 2 saturated carbocycles. The lowest BCUT2D eigenvalue weighted by atomic mass is 9.90. The summed E-state index contributed by atoms with van der Waals surface area (Å²) in [5.41, 5.74) is 9.04. The summed E-state index contributed by atoms with van der Waals surface area (Å²) in [7, 11) is 0. The third-order valence-electron chi connectivity index (χ3n) is 7.00. The fraction of sp³-hybridized carbons (Fsp3) is 0.444. The van der Waals surface area contributed by atoms with E-state index >= 15 is 0 Å². The highest BCUT2D eigenvalue weighted by Gasteiger charge is 2.29. The normalized spacial score (nSPS) is 20.7. The van der Waals surface area contributed by atoms with Crippen LogP contribution in [0, 0.1) is 17.2 Å². The Labute approximate surface area is 195 Å². The van der Waals surface area contributed by atoms with Crippen LogP contribution in [0.25, 0.3) is 0 Å². The molecule has 2 aliphatic rings. The van der Waals surface area contributed by atoms with Gasteiger partial charge in [-0.05, 0) is 80.5 Å². The first-order chi connectivity index (χ1) is 16.0. The zero-order valence-corrected chi connectivity index (χ0v) is 19.0. The summed E-state index contributed by atoms with van der Waals surface area (Å²) in [5.74, 6) is 0.206. The van der Waals surface area contributed by atoms with Crippen LogP contribution in [-0.2, 0) is 11.3 Å². The number of nitrogens with zero attached hydrogens (tertiary/aromatic N) is 2. The molecule has 0 radical (unpaired) electrons. The van der Waals surface area contributed by atoms with Gasteiger partial charge in [0.25, 0.3) is 5.91 Å². The summed E-state index contributed by atoms with van der Waals surface area (Å²) in [6, 6.07) is 17.1. The van der Waals surface area contributed by atoms with Crippen LogP contribution in [-0.4, -0.2) is 28.8 Å². The van der Waals surface area contributed by atoms with E-state index in [1.54, 1.807) is 24.3 Å². The van der Waals surface area contributed by atoms with Gasteiger partial charge in [0.1, 0.15) is 0 Å². The molecule has 2 aromatic rings. The maximum Gasteiger partial charge on any atom is 0.254 e. The Morgan fingerprint density at radius 2 is 1.58 bits per heavy atom. The van der Waals surface area contributed by atoms with Crippen LogP contribution < -0.4 is 11.1 Å². The first-order valence-corrected chi connectivity index (χ1v) is 12.0. The van der Waals surface area contributed by atoms with Gasteiger partial charge in [0.15, 0.2) is 0 Å². The molecule has 6 nitrogen and oxygen atoms in total. The van der Waals surface area contributed by atoms with E-state index in [4.69, 9.17) is 11.0 Å². The van der Waals surface area contributed by atoms with Crippen LogP contribution in [0.2, 0.25) is 0 Å². The molecular weight excluding hydrogens is 412 g/mol. The van der Waals surface area contributed by atoms with Gasteiger partial charge in [-0.2, -0.15) is 5.26 Å². The highest BCUT2D eigenvalue weighted by atomic mass is 16.2. The van der Waals surface area contributed by atoms with E-state index in [0.29, 0.717) is 17.7 Å². The second-order valence-corrected chi connectivity index (χ2v) is 9.36. The van der Waals surface area contributed by atoms with Crippen molar-refractivity contribution in [3.05, 3.63) is 65.2 Å². The fourth-order valence-corrected chi connectivity index (χ4v) is 4.96. The Balaban J connectivity index is 1.47. The van der Waals surface area contributed by atoms with Gasteiger partial charge in [-0.15, -0.1) is 0 Å². The standard InChI is InChI=1S/C27H32N4O2/c28-17-19-5-9-22(10-6-19)27(33)31(25-15-11-23(29)12-16-25)18-20-7-13-24(14-8-20)30-26(32)21-3-1-2-4-21/h5-10,13-14,21,23,25H,1-4,11-12,15-16,18,29H2,(H,30,32). The van der Waals surface area contributed by atoms with Crippen LogP contribution in [0.1, 0.15) is 72.9 Å². The van der Waals surface area contributed by atoms with Crippen LogP contribution in [0.15, 0.2) is 48.5 Å². The van der Waals surface area contributed by atoms with Crippen molar-refractivity contribution in [1.82, 2.24) is 4.90 Å². The number of rotatable bonds is 6. The number of carbonyl (C=O) groups is 2. The van der Waals surface area contributed by atoms with Gasteiger partial charge in [0, 0.05) is 35.8 Å². The largest absolute Gasteiger partial charge is 0.331 e. The van der Waals surface area contributed by atoms with Gasteiger partial charge in [0.2, 0.25) is 5.91 Å². The molecule has 0 unspecified atom stereocenters. The maximum absolute atomic E-state index is 13.4. The molecule has 4 rings (SSSR count). The molecule has 0 aromatic heterocycles. The predicted octanol–water partition coefficient (Wildman–Crippen LogP) is 4.60. The number of nitrogens with two attached hydrogens (primary N) is 1. The van der Waals surface area contributed by atoms with Gasteiger partial charge in [0.05, 0.1) is 11.6 Å². The molecule has 6 heteroatoms. The SMILES string of the molecule is N#Cc1ccc(C(=O)N(Cc2ccc(NC(=O)C3CCCC3)cc2)C2CCC(N)CC2)cc1. The van der Waals surface area contributed by atoms with Gasteiger partial charge in [-0.3, -0.25) is 9.59 Å². The number of amides is 2. The number of carbonyl (C=O) groups excluding carboxylic acids is 2. The molecule has 2 aromatic carbocycles. The Bertz CT molecular complexity index is 996. The van der Waals surface area contributed by atoms with Crippen LogP contribution in [0.5, 0.6) is 0 Å². The molecule has 0 bridgehead atoms. The van der Waals surface area contributed by atoms with Crippen molar-refractivity contribution in [3.63, 3.8) is 0 Å². The van der Waals surface area contributed by atoms with Crippen LogP contribution in [0.4, 0.5) is 5.69 Å². The minimum Gasteiger partial charge on any atom is -0.331 e. The van der Waals surface area contributed by atoms with Gasteiger partial charge in [-0.1, -0.05) is 25.0 Å². The summed E-state index contributed by atoms with van der Waals surface area (Å²) < 4.78 is 0. The van der Waals surface area contributed by atoms with Crippen molar-refractivity contribution < 1.29 is 9.59 Å². The van der Waals surface area contributed by atoms with Crippen molar-refractivity contribution >= 4 is 17.5 Å². The second kappa shape index (κ2) is 10.6. The summed E-state index contributed by atoms with van der Waals surface area (Å²) in [5, 5.41) is 12.1. The van der Waals surface area contributed by atoms with Crippen molar-refractivity contribution in [2.75, 3.05) is 5.32 Å². The highest BCUT2D eigenvalue weighted by molar-refractivity contribution is 5.94. The number of hydrogen-bond acceptors (Lipinski definition) is 4. The molecule has 0 aliphatic heterocycles. The lowest BCUT2D eigenvalue weighted by molar-refractivity contribution is -0.119. The van der Waals surface area contributed by atoms with Crippen LogP contribution in [0.3, 0.4) is 0 Å². The van der Waals surface area contributed by atoms with Crippen molar-refractivity contribution in [1.29, 1.82) is 5.26 Å². The molecule has 0 atom stereocenters. The average Bonchev–Trinajstić information content (AvgIpc) is 3.39. The monoisotopic (exact) mass is 444 g/mol. The van der Waals surface area contributed by atoms with Gasteiger partial charge in [-0.25, -0.2) is 0 Å². The molecular formula is C27H32N4O2. The average molecular weight is 445 g/mol. The van der Waals surface area contributed by atoms with E-state index in [-0.39, 0.29) is 29.8 Å². The molecule has 33 heavy (non-hydrogen) atoms. The topological polar surface area (TPSA) is 99.2 Å². The minimum atomic E-state index is -0.0291. The van der Waals surface area contributed by atoms with E-state index in [0.717, 1.165) is 62.6 Å². The van der Waals surface area contributed by atoms with Crippen molar-refractivity contribution in [3.8, 4) is 6.07 Å². The Kier molecular flexibility index (Phi) is 7.41. The van der Waals surface area contributed by atoms with Gasteiger partial charge < -0.3 is 16.0 Å². The summed E-state index contributed by atoms with van der Waals surface area (Å²) in [6.45, 7) is 0.496. The van der Waals surface area contributed by atoms with Crippen molar-refractivity contribution in [2.45, 2.75) is 70.0 Å². The Morgan fingerprint density at radius 1 is 0.939 bits per heavy atom.